The van der Waals surface area contributed by atoms with Crippen LogP contribution in [-0.2, 0) is 71.0 Å². The number of hydrogen-bond donors (Lipinski definition) is 11. The number of aromatic amines is 2. The van der Waals surface area contributed by atoms with Gasteiger partial charge in [-0.1, -0.05) is 0 Å². The zero-order valence-corrected chi connectivity index (χ0v) is 40.4. The fourth-order valence-electron chi connectivity index (χ4n) is 8.00. The number of aryl methyl sites for hydroxylation is 1. The number of ether oxygens (including phenoxy) is 4. The lowest BCUT2D eigenvalue weighted by Crippen LogP contribution is -2.37. The topological polar surface area (TPSA) is 507 Å². The normalized spacial score (nSPS) is 30.1. The van der Waals surface area contributed by atoms with E-state index in [1.54, 1.807) is 0 Å². The van der Waals surface area contributed by atoms with Crippen LogP contribution >= 0.6 is 31.3 Å². The quantitative estimate of drug-likeness (QED) is 0.0265. The van der Waals surface area contributed by atoms with Gasteiger partial charge in [-0.05, 0) is 0 Å². The van der Waals surface area contributed by atoms with Crippen LogP contribution < -0.4 is 32.8 Å². The van der Waals surface area contributed by atoms with Gasteiger partial charge in [-0.25, -0.2) is 42.6 Å². The van der Waals surface area contributed by atoms with Crippen molar-refractivity contribution in [2.75, 3.05) is 45.0 Å². The minimum absolute atomic E-state index is 0.0155. The summed E-state index contributed by atoms with van der Waals surface area (Å²) in [4.78, 5) is 98.9. The number of methoxy groups -OCH3 is 1. The number of phosphoric acid groups is 4. The van der Waals surface area contributed by atoms with Crippen molar-refractivity contribution in [3.05, 3.63) is 62.4 Å². The predicted octanol–water partition coefficient (Wildman–Crippen LogP) is -3.60. The minimum Gasteiger partial charge on any atom is -0.387 e. The second-order valence-corrected chi connectivity index (χ2v) is 22.1. The Bertz CT molecular complexity index is 3210. The zero-order valence-electron chi connectivity index (χ0n) is 36.9. The molecule has 5 aromatic rings. The van der Waals surface area contributed by atoms with Crippen LogP contribution in [0.2, 0.25) is 0 Å². The maximum absolute atomic E-state index is 13.4. The average molecular weight is 1110 g/mol. The van der Waals surface area contributed by atoms with Crippen LogP contribution in [0.5, 0.6) is 0 Å². The summed E-state index contributed by atoms with van der Waals surface area (Å²) in [6.45, 7) is -3.33. The number of rotatable bonds is 20. The predicted molar refractivity (Wildman–Crippen MR) is 231 cm³/mol. The third kappa shape index (κ3) is 11.5. The maximum atomic E-state index is 13.4. The minimum atomic E-state index is -6.13. The van der Waals surface area contributed by atoms with E-state index in [1.165, 1.54) is 40.5 Å². The average Bonchev–Trinajstić information content (AvgIpc) is 4.09. The van der Waals surface area contributed by atoms with Crippen LogP contribution in [0.1, 0.15) is 25.1 Å². The molecule has 3 aliphatic heterocycles. The molecule has 3 saturated heterocycles. The molecule has 3 fully saturated rings. The van der Waals surface area contributed by atoms with Crippen molar-refractivity contribution >= 4 is 65.4 Å². The smallest absolute Gasteiger partial charge is 0.387 e. The molecule has 0 saturated carbocycles. The number of nitrogens with two attached hydrogens (primary N) is 2. The molecule has 396 valence electrons. The second kappa shape index (κ2) is 20.6. The van der Waals surface area contributed by atoms with Gasteiger partial charge in [0.1, 0.15) is 54.7 Å². The molecule has 0 bridgehead atoms. The summed E-state index contributed by atoms with van der Waals surface area (Å²) >= 11 is 0. The standard InChI is InChI=1S/C32H44N12O24P4/c1-41-12-44(27-21(41)28(49)40-31(34)39-27)29-22(46)13(6-59-2)15(64-29)7-61-70(53,54)67-72(57,58)68-71(55,56)62-8-16-14(5-19(63-16)43-11-37-20-25(33)35-10-36-26(20)43)66-69(51,52)60-9-17-23(47)24(48)30(65-17)42-4-3-18(45)38-32(42)50/h3-4,10-17,19,22-24,29-30,46-48H,5-9H2,1-2H3,(H9-,33,34,35,36,38,39,40,45,49,50,51,52,53,54,55,56,57,58)/p+1/t13-,14+,15-,16?,17-,19-,22-,23-,24-,29-,30-/m1/s1. The van der Waals surface area contributed by atoms with E-state index in [9.17, 15) is 67.5 Å². The molecule has 15 atom stereocenters. The van der Waals surface area contributed by atoms with Crippen molar-refractivity contribution in [3.8, 4) is 0 Å². The maximum Gasteiger partial charge on any atom is 0.490 e. The first kappa shape index (κ1) is 53.7. The van der Waals surface area contributed by atoms with E-state index in [0.29, 0.717) is 0 Å². The lowest BCUT2D eigenvalue weighted by Gasteiger charge is -2.24. The molecular formula is C32H45N12O24P4+. The van der Waals surface area contributed by atoms with Gasteiger partial charge in [-0.2, -0.15) is 18.2 Å². The van der Waals surface area contributed by atoms with Gasteiger partial charge in [0.05, 0.1) is 45.9 Å². The summed E-state index contributed by atoms with van der Waals surface area (Å²) in [5, 5.41) is 32.4. The summed E-state index contributed by atoms with van der Waals surface area (Å²) < 4.78 is 108. The molecule has 0 radical (unpaired) electrons. The molecule has 0 aromatic carbocycles. The van der Waals surface area contributed by atoms with Crippen LogP contribution in [0, 0.1) is 5.92 Å². The molecule has 40 heteroatoms. The molecule has 0 spiro atoms. The Hall–Kier alpha value is -4.58. The van der Waals surface area contributed by atoms with E-state index < -0.39 is 142 Å². The van der Waals surface area contributed by atoms with Crippen molar-refractivity contribution < 1.29 is 103 Å². The van der Waals surface area contributed by atoms with E-state index in [4.69, 9.17) is 48.5 Å². The van der Waals surface area contributed by atoms with Gasteiger partial charge in [-0.3, -0.25) is 46.8 Å². The summed E-state index contributed by atoms with van der Waals surface area (Å²) in [6.07, 6.45) is -11.3. The number of imidazole rings is 2. The van der Waals surface area contributed by atoms with Gasteiger partial charge < -0.3 is 65.3 Å². The number of anilines is 2. The van der Waals surface area contributed by atoms with Crippen LogP contribution in [0.4, 0.5) is 11.8 Å². The van der Waals surface area contributed by atoms with Crippen LogP contribution in [0.3, 0.4) is 0 Å². The number of nitrogens with one attached hydrogen (secondary N) is 2. The lowest BCUT2D eigenvalue weighted by atomic mass is 9.99. The van der Waals surface area contributed by atoms with E-state index >= 15 is 0 Å². The van der Waals surface area contributed by atoms with Crippen LogP contribution in [0.25, 0.3) is 22.3 Å². The number of phosphoric ester groups is 3. The molecule has 5 unspecified atom stereocenters. The number of aromatic nitrogens is 10. The first-order chi connectivity index (χ1) is 33.8. The highest BCUT2D eigenvalue weighted by Crippen LogP contribution is 2.68. The van der Waals surface area contributed by atoms with Gasteiger partial charge in [0.15, 0.2) is 17.7 Å². The number of H-pyrrole nitrogens is 2. The molecular weight excluding hydrogens is 1060 g/mol. The number of hydrogen-bond acceptors (Lipinski definition) is 26. The van der Waals surface area contributed by atoms with Gasteiger partial charge in [0.25, 0.3) is 16.7 Å². The van der Waals surface area contributed by atoms with E-state index in [2.05, 4.69) is 33.5 Å². The SMILES string of the molecule is COC[C@H]1[C@@H](O)[C@H](n2c[n+](C)c3c(=O)[nH]c(N)nc32)O[C@@H]1COP(=O)(O)OP(=O)(O)OP(=O)(O)OCC1O[C@@H](n2cnc3c(N)ncnc32)C[C@@H]1OP(=O)(O)OC[C@H]1O[C@@H](n2ccc(=O)[nH]c2=O)[C@H](O)[C@@H]1O. The third-order valence-corrected chi connectivity index (χ3v) is 16.4. The Balaban J connectivity index is 0.912. The van der Waals surface area contributed by atoms with Crippen molar-refractivity contribution in [1.29, 1.82) is 0 Å². The highest BCUT2D eigenvalue weighted by Gasteiger charge is 2.51. The van der Waals surface area contributed by atoms with Gasteiger partial charge in [0, 0.05) is 31.7 Å². The fraction of sp³-hybridized carbons (Fsp3) is 0.562. The number of nitrogens with zero attached hydrogens (tertiary/aromatic N) is 8. The van der Waals surface area contributed by atoms with Crippen molar-refractivity contribution in [2.24, 2.45) is 13.0 Å². The second-order valence-electron chi connectivity index (χ2n) is 16.0. The number of fused-ring (bicyclic) bond motifs is 2. The van der Waals surface area contributed by atoms with E-state index in [1.807, 2.05) is 4.98 Å². The molecule has 3 aliphatic rings. The lowest BCUT2D eigenvalue weighted by molar-refractivity contribution is -0.646. The first-order valence-corrected chi connectivity index (χ1v) is 26.6. The summed E-state index contributed by atoms with van der Waals surface area (Å²) in [5.41, 5.74) is 9.40. The highest BCUT2D eigenvalue weighted by molar-refractivity contribution is 7.66. The van der Waals surface area contributed by atoms with E-state index in [-0.39, 0.29) is 40.7 Å². The molecule has 36 nitrogen and oxygen atoms in total. The van der Waals surface area contributed by atoms with Gasteiger partial charge in [0.2, 0.25) is 18.5 Å². The Morgan fingerprint density at radius 1 is 0.764 bits per heavy atom. The van der Waals surface area contributed by atoms with Crippen molar-refractivity contribution in [1.82, 2.24) is 43.6 Å². The molecule has 13 N–H and O–H groups in total. The van der Waals surface area contributed by atoms with Gasteiger partial charge in [-0.15, -0.1) is 0 Å². The number of nitrogen functional groups attached to an aromatic ring is 2. The Kier molecular flexibility index (Phi) is 15.4. The molecule has 5 aromatic heterocycles. The van der Waals surface area contributed by atoms with Gasteiger partial charge >= 0.3 is 42.5 Å². The molecule has 8 heterocycles. The highest BCUT2D eigenvalue weighted by atomic mass is 31.3. The summed E-state index contributed by atoms with van der Waals surface area (Å²) in [6, 6.07) is 0.933. The monoisotopic (exact) mass is 1110 g/mol. The Morgan fingerprint density at radius 2 is 1.40 bits per heavy atom. The van der Waals surface area contributed by atoms with Crippen molar-refractivity contribution in [3.63, 3.8) is 0 Å². The fourth-order valence-corrected chi connectivity index (χ4v) is 12.5. The number of aliphatic hydroxyl groups excluding tert-OH is 3. The van der Waals surface area contributed by atoms with E-state index in [0.717, 1.165) is 23.2 Å². The third-order valence-electron chi connectivity index (χ3n) is 11.2. The zero-order chi connectivity index (χ0) is 52.2. The molecule has 0 aliphatic carbocycles. The summed E-state index contributed by atoms with van der Waals surface area (Å²) in [5.74, 6) is -1.34. The molecule has 72 heavy (non-hydrogen) atoms. The Morgan fingerprint density at radius 3 is 2.08 bits per heavy atom. The largest absolute Gasteiger partial charge is 0.490 e. The van der Waals surface area contributed by atoms with Crippen LogP contribution in [-0.4, -0.2) is 155 Å². The van der Waals surface area contributed by atoms with Crippen molar-refractivity contribution in [2.45, 2.75) is 67.8 Å². The molecule has 0 amide bonds. The first-order valence-electron chi connectivity index (χ1n) is 20.6. The van der Waals surface area contributed by atoms with Crippen LogP contribution in [0.15, 0.2) is 45.6 Å². The Labute approximate surface area is 400 Å². The number of aliphatic hydroxyl groups is 3. The summed E-state index contributed by atoms with van der Waals surface area (Å²) in [7, 11) is -20.3. The molecule has 8 rings (SSSR count).